The Labute approximate surface area is 68.7 Å². The van der Waals surface area contributed by atoms with Gasteiger partial charge in [0.2, 0.25) is 0 Å². The van der Waals surface area contributed by atoms with Crippen molar-refractivity contribution in [3.63, 3.8) is 0 Å². The van der Waals surface area contributed by atoms with E-state index < -0.39 is 0 Å². The number of nitrogens with two attached hydrogens (primary N) is 1. The van der Waals surface area contributed by atoms with Crippen molar-refractivity contribution in [2.75, 3.05) is 0 Å². The summed E-state index contributed by atoms with van der Waals surface area (Å²) in [6, 6.07) is 0. The van der Waals surface area contributed by atoms with Gasteiger partial charge in [0.05, 0.1) is 6.21 Å². The first-order chi connectivity index (χ1) is 5.29. The van der Waals surface area contributed by atoms with Gasteiger partial charge in [0.1, 0.15) is 5.82 Å². The van der Waals surface area contributed by atoms with E-state index in [4.69, 9.17) is 5.73 Å². The van der Waals surface area contributed by atoms with Crippen LogP contribution in [0.3, 0.4) is 0 Å². The highest BCUT2D eigenvalue weighted by Gasteiger charge is 1.85. The molecule has 0 saturated carbocycles. The van der Waals surface area contributed by atoms with Crippen LogP contribution in [0.4, 0.5) is 0 Å². The molecule has 58 valence electrons. The highest BCUT2D eigenvalue weighted by atomic mass is 32.1. The van der Waals surface area contributed by atoms with E-state index >= 15 is 0 Å². The van der Waals surface area contributed by atoms with Crippen molar-refractivity contribution in [2.24, 2.45) is 10.8 Å². The van der Waals surface area contributed by atoms with E-state index in [-0.39, 0.29) is 5.11 Å². The minimum absolute atomic E-state index is 0.132. The van der Waals surface area contributed by atoms with Crippen molar-refractivity contribution < 1.29 is 0 Å². The number of nitrogens with zero attached hydrogens (tertiary/aromatic N) is 2. The van der Waals surface area contributed by atoms with Gasteiger partial charge in [0, 0.05) is 12.4 Å². The first-order valence-corrected chi connectivity index (χ1v) is 3.28. The van der Waals surface area contributed by atoms with Crippen LogP contribution in [-0.2, 0) is 0 Å². The lowest BCUT2D eigenvalue weighted by molar-refractivity contribution is 1.04. The second-order valence-corrected chi connectivity index (χ2v) is 2.15. The fourth-order valence-electron chi connectivity index (χ4n) is 0.505. The molecule has 0 saturated heterocycles. The Morgan fingerprint density at radius 3 is 3.27 bits per heavy atom. The normalized spacial score (nSPS) is 10.2. The molecule has 1 aromatic heterocycles. The molecule has 0 aliphatic carbocycles. The van der Waals surface area contributed by atoms with Gasteiger partial charge in [0.25, 0.3) is 0 Å². The Kier molecular flexibility index (Phi) is 2.56. The van der Waals surface area contributed by atoms with Crippen LogP contribution < -0.4 is 11.2 Å². The van der Waals surface area contributed by atoms with Gasteiger partial charge in [0.15, 0.2) is 5.11 Å². The van der Waals surface area contributed by atoms with Crippen molar-refractivity contribution in [3.05, 3.63) is 18.2 Å². The summed E-state index contributed by atoms with van der Waals surface area (Å²) < 4.78 is 0. The van der Waals surface area contributed by atoms with Crippen LogP contribution in [0.2, 0.25) is 0 Å². The number of hydrogen-bond donors (Lipinski definition) is 3. The predicted octanol–water partition coefficient (Wildman–Crippen LogP) is -0.423. The third kappa shape index (κ3) is 2.76. The van der Waals surface area contributed by atoms with Crippen molar-refractivity contribution in [1.29, 1.82) is 0 Å². The fourth-order valence-corrected chi connectivity index (χ4v) is 0.558. The van der Waals surface area contributed by atoms with Crippen LogP contribution in [0.1, 0.15) is 5.82 Å². The number of H-pyrrole nitrogens is 1. The molecule has 6 heteroatoms. The van der Waals surface area contributed by atoms with E-state index in [2.05, 4.69) is 32.7 Å². The zero-order chi connectivity index (χ0) is 8.10. The van der Waals surface area contributed by atoms with Gasteiger partial charge in [-0.3, -0.25) is 5.43 Å². The Bertz CT molecular complexity index is 252. The zero-order valence-corrected chi connectivity index (χ0v) is 6.43. The molecule has 11 heavy (non-hydrogen) atoms. The van der Waals surface area contributed by atoms with Crippen molar-refractivity contribution >= 4 is 23.5 Å². The molecule has 0 radical (unpaired) electrons. The molecule has 0 fully saturated rings. The highest BCUT2D eigenvalue weighted by Crippen LogP contribution is 1.80. The van der Waals surface area contributed by atoms with Gasteiger partial charge in [-0.1, -0.05) is 0 Å². The van der Waals surface area contributed by atoms with E-state index in [0.29, 0.717) is 5.82 Å². The smallest absolute Gasteiger partial charge is 0.184 e. The largest absolute Gasteiger partial charge is 0.375 e. The molecule has 0 aliphatic heterocycles. The number of nitrogens with one attached hydrogen (secondary N) is 2. The van der Waals surface area contributed by atoms with Crippen molar-refractivity contribution in [1.82, 2.24) is 15.4 Å². The Balaban J connectivity index is 2.43. The molecule has 1 heterocycles. The summed E-state index contributed by atoms with van der Waals surface area (Å²) in [4.78, 5) is 6.71. The lowest BCUT2D eigenvalue weighted by atomic mass is 10.7. The molecule has 4 N–H and O–H groups in total. The summed E-state index contributed by atoms with van der Waals surface area (Å²) in [6.45, 7) is 0. The van der Waals surface area contributed by atoms with Crippen LogP contribution in [-0.4, -0.2) is 21.3 Å². The predicted molar refractivity (Wildman–Crippen MR) is 46.1 cm³/mol. The first kappa shape index (κ1) is 7.67. The Morgan fingerprint density at radius 1 is 1.91 bits per heavy atom. The summed E-state index contributed by atoms with van der Waals surface area (Å²) in [6.07, 6.45) is 4.81. The fraction of sp³-hybridized carbons (Fsp3) is 0. The van der Waals surface area contributed by atoms with E-state index in [9.17, 15) is 0 Å². The minimum atomic E-state index is 0.132. The maximum atomic E-state index is 5.11. The van der Waals surface area contributed by atoms with E-state index in [0.717, 1.165) is 0 Å². The standard InChI is InChI=1S/C5H7N5S/c6-5(11)10-9-3-4-7-1-2-8-4/h1-3H,(H,7,8)(H3,6,10,11)/b9-3+. The molecule has 1 rings (SSSR count). The minimum Gasteiger partial charge on any atom is -0.375 e. The SMILES string of the molecule is NC(=S)N/N=C/c1ncc[nH]1. The molecular weight excluding hydrogens is 162 g/mol. The molecule has 0 bridgehead atoms. The highest BCUT2D eigenvalue weighted by molar-refractivity contribution is 7.80. The average Bonchev–Trinajstić information content (AvgIpc) is 2.39. The van der Waals surface area contributed by atoms with Gasteiger partial charge in [-0.05, 0) is 12.2 Å². The van der Waals surface area contributed by atoms with E-state index in [1.54, 1.807) is 12.4 Å². The van der Waals surface area contributed by atoms with Crippen LogP contribution in [0.5, 0.6) is 0 Å². The zero-order valence-electron chi connectivity index (χ0n) is 5.61. The average molecular weight is 169 g/mol. The van der Waals surface area contributed by atoms with E-state index in [1.807, 2.05) is 0 Å². The third-order valence-corrected chi connectivity index (χ3v) is 0.972. The maximum absolute atomic E-state index is 5.11. The van der Waals surface area contributed by atoms with Gasteiger partial charge in [-0.25, -0.2) is 4.98 Å². The molecular formula is C5H7N5S. The Morgan fingerprint density at radius 2 is 2.73 bits per heavy atom. The number of hydrogen-bond acceptors (Lipinski definition) is 3. The Hall–Kier alpha value is -1.43. The second kappa shape index (κ2) is 3.67. The maximum Gasteiger partial charge on any atom is 0.184 e. The number of aromatic amines is 1. The topological polar surface area (TPSA) is 79.1 Å². The summed E-state index contributed by atoms with van der Waals surface area (Å²) >= 11 is 4.51. The number of aromatic nitrogens is 2. The monoisotopic (exact) mass is 169 g/mol. The van der Waals surface area contributed by atoms with Crippen molar-refractivity contribution in [3.8, 4) is 0 Å². The number of thiocarbonyl (C=S) groups is 1. The molecule has 0 spiro atoms. The summed E-state index contributed by atoms with van der Waals surface area (Å²) in [5.41, 5.74) is 7.51. The molecule has 5 nitrogen and oxygen atoms in total. The quantitative estimate of drug-likeness (QED) is 0.319. The number of imidazole rings is 1. The van der Waals surface area contributed by atoms with Gasteiger partial charge < -0.3 is 10.7 Å². The van der Waals surface area contributed by atoms with Crippen LogP contribution in [0.15, 0.2) is 17.5 Å². The molecule has 1 aromatic rings. The van der Waals surface area contributed by atoms with Crippen LogP contribution >= 0.6 is 12.2 Å². The van der Waals surface area contributed by atoms with Crippen LogP contribution in [0, 0.1) is 0 Å². The molecule has 0 atom stereocenters. The molecule has 0 aromatic carbocycles. The first-order valence-electron chi connectivity index (χ1n) is 2.87. The molecule has 0 aliphatic rings. The third-order valence-electron chi connectivity index (χ3n) is 0.881. The summed E-state index contributed by atoms with van der Waals surface area (Å²) in [5.74, 6) is 0.647. The van der Waals surface area contributed by atoms with Gasteiger partial charge in [-0.15, -0.1) is 0 Å². The molecule has 0 amide bonds. The lowest BCUT2D eigenvalue weighted by Gasteiger charge is -1.90. The number of hydrazone groups is 1. The second-order valence-electron chi connectivity index (χ2n) is 1.71. The van der Waals surface area contributed by atoms with Gasteiger partial charge >= 0.3 is 0 Å². The van der Waals surface area contributed by atoms with Gasteiger partial charge in [-0.2, -0.15) is 5.10 Å². The van der Waals surface area contributed by atoms with E-state index in [1.165, 1.54) is 6.21 Å². The molecule has 0 unspecified atom stereocenters. The summed E-state index contributed by atoms with van der Waals surface area (Å²) in [7, 11) is 0. The van der Waals surface area contributed by atoms with Crippen LogP contribution in [0.25, 0.3) is 0 Å². The summed E-state index contributed by atoms with van der Waals surface area (Å²) in [5, 5.41) is 3.81. The number of rotatable bonds is 2. The lowest BCUT2D eigenvalue weighted by Crippen LogP contribution is -2.24. The van der Waals surface area contributed by atoms with Crippen molar-refractivity contribution in [2.45, 2.75) is 0 Å².